The third kappa shape index (κ3) is 4.57. The largest absolute Gasteiger partial charge is 0.309 e. The molecule has 9 rings (SSSR count). The first-order valence-electron chi connectivity index (χ1n) is 16.3. The minimum Gasteiger partial charge on any atom is -0.309 e. The SMILES string of the molecule is [C-]#[N+]c1cc(-c2ccc(-n3c4ccccc4c4cc(C#N)ccc43)cc2)cc(-c2c3ccccc3c(-c3ccccc3)c3ccccc23)c1. The van der Waals surface area contributed by atoms with Gasteiger partial charge >= 0.3 is 0 Å². The summed E-state index contributed by atoms with van der Waals surface area (Å²) < 4.78 is 2.25. The molecule has 9 aromatic rings. The standard InChI is InChI=1S/C46H27N3/c1-48-35-27-33(31-20-22-36(23-21-31)49-43-18-10-9-13-37(43)42-25-30(29-47)19-24-44(42)49)26-34(28-35)46-40-16-7-5-14-38(40)45(32-11-3-2-4-12-32)39-15-6-8-17-41(39)46/h2-28H. The third-order valence-corrected chi connectivity index (χ3v) is 9.59. The van der Waals surface area contributed by atoms with Crippen molar-refractivity contribution in [2.45, 2.75) is 0 Å². The average molecular weight is 622 g/mol. The third-order valence-electron chi connectivity index (χ3n) is 9.59. The lowest BCUT2D eigenvalue weighted by molar-refractivity contribution is 1.18. The Balaban J connectivity index is 1.22. The second-order valence-corrected chi connectivity index (χ2v) is 12.3. The van der Waals surface area contributed by atoms with Crippen molar-refractivity contribution in [3.8, 4) is 45.1 Å². The van der Waals surface area contributed by atoms with Crippen LogP contribution < -0.4 is 0 Å². The number of nitrogens with zero attached hydrogens (tertiary/aromatic N) is 3. The number of rotatable bonds is 4. The van der Waals surface area contributed by atoms with E-state index in [9.17, 15) is 5.26 Å². The Bertz CT molecular complexity index is 2770. The van der Waals surface area contributed by atoms with Crippen LogP contribution in [0.1, 0.15) is 5.56 Å². The normalized spacial score (nSPS) is 11.2. The molecule has 0 aliphatic carbocycles. The summed E-state index contributed by atoms with van der Waals surface area (Å²) in [5.41, 5.74) is 11.0. The Kier molecular flexibility index (Phi) is 6.58. The van der Waals surface area contributed by atoms with Crippen LogP contribution in [0.3, 0.4) is 0 Å². The van der Waals surface area contributed by atoms with E-state index >= 15 is 0 Å². The van der Waals surface area contributed by atoms with Crippen LogP contribution in [-0.4, -0.2) is 4.57 Å². The molecule has 0 saturated heterocycles. The maximum atomic E-state index is 9.55. The van der Waals surface area contributed by atoms with Gasteiger partial charge in [0.2, 0.25) is 0 Å². The van der Waals surface area contributed by atoms with Crippen LogP contribution in [0.5, 0.6) is 0 Å². The summed E-state index contributed by atoms with van der Waals surface area (Å²) in [6.07, 6.45) is 0. The van der Waals surface area contributed by atoms with Crippen molar-refractivity contribution in [3.63, 3.8) is 0 Å². The van der Waals surface area contributed by atoms with Gasteiger partial charge in [0.05, 0.1) is 29.2 Å². The molecule has 0 atom stereocenters. The van der Waals surface area contributed by atoms with Crippen molar-refractivity contribution >= 4 is 49.0 Å². The van der Waals surface area contributed by atoms with Crippen molar-refractivity contribution in [1.82, 2.24) is 4.57 Å². The van der Waals surface area contributed by atoms with Crippen molar-refractivity contribution in [2.75, 3.05) is 0 Å². The van der Waals surface area contributed by atoms with Gasteiger partial charge in [-0.15, -0.1) is 0 Å². The molecule has 3 heteroatoms. The highest BCUT2D eigenvalue weighted by Gasteiger charge is 2.18. The summed E-state index contributed by atoms with van der Waals surface area (Å²) in [5, 5.41) is 16.4. The number of nitriles is 1. The van der Waals surface area contributed by atoms with E-state index < -0.39 is 0 Å². The number of para-hydroxylation sites is 1. The second-order valence-electron chi connectivity index (χ2n) is 12.3. The predicted molar refractivity (Wildman–Crippen MR) is 203 cm³/mol. The number of fused-ring (bicyclic) bond motifs is 5. The molecule has 0 bridgehead atoms. The first-order valence-corrected chi connectivity index (χ1v) is 16.3. The van der Waals surface area contributed by atoms with Gasteiger partial charge in [0.1, 0.15) is 0 Å². The fourth-order valence-corrected chi connectivity index (χ4v) is 7.47. The molecule has 0 spiro atoms. The van der Waals surface area contributed by atoms with E-state index in [4.69, 9.17) is 6.57 Å². The number of hydrogen-bond acceptors (Lipinski definition) is 1. The van der Waals surface area contributed by atoms with E-state index in [0.29, 0.717) is 11.3 Å². The average Bonchev–Trinajstić information content (AvgIpc) is 3.50. The highest BCUT2D eigenvalue weighted by molar-refractivity contribution is 6.21. The summed E-state index contributed by atoms with van der Waals surface area (Å²) in [6, 6.07) is 59.1. The highest BCUT2D eigenvalue weighted by atomic mass is 15.0. The highest BCUT2D eigenvalue weighted by Crippen LogP contribution is 2.45. The molecule has 0 fully saturated rings. The smallest absolute Gasteiger partial charge is 0.188 e. The topological polar surface area (TPSA) is 33.1 Å². The molecule has 1 heterocycles. The van der Waals surface area contributed by atoms with Gasteiger partial charge in [-0.3, -0.25) is 0 Å². The zero-order valence-corrected chi connectivity index (χ0v) is 26.4. The van der Waals surface area contributed by atoms with Gasteiger partial charge < -0.3 is 4.57 Å². The molecular weight excluding hydrogens is 595 g/mol. The zero-order valence-electron chi connectivity index (χ0n) is 26.4. The fraction of sp³-hybridized carbons (Fsp3) is 0. The van der Waals surface area contributed by atoms with Crippen LogP contribution in [-0.2, 0) is 0 Å². The Morgan fingerprint density at radius 2 is 1.00 bits per heavy atom. The van der Waals surface area contributed by atoms with Gasteiger partial charge in [0.25, 0.3) is 0 Å². The lowest BCUT2D eigenvalue weighted by Gasteiger charge is -2.18. The summed E-state index contributed by atoms with van der Waals surface area (Å²) in [4.78, 5) is 3.93. The van der Waals surface area contributed by atoms with Gasteiger partial charge in [-0.25, -0.2) is 4.85 Å². The summed E-state index contributed by atoms with van der Waals surface area (Å²) in [6.45, 7) is 8.05. The summed E-state index contributed by atoms with van der Waals surface area (Å²) >= 11 is 0. The van der Waals surface area contributed by atoms with Gasteiger partial charge in [-0.1, -0.05) is 109 Å². The molecule has 0 radical (unpaired) electrons. The molecule has 8 aromatic carbocycles. The lowest BCUT2D eigenvalue weighted by atomic mass is 9.85. The second kappa shape index (κ2) is 11.4. The first-order chi connectivity index (χ1) is 24.2. The molecule has 0 unspecified atom stereocenters. The quantitative estimate of drug-likeness (QED) is 0.142. The van der Waals surface area contributed by atoms with Crippen LogP contribution in [0.15, 0.2) is 164 Å². The van der Waals surface area contributed by atoms with Gasteiger partial charge in [0.15, 0.2) is 5.69 Å². The molecule has 0 saturated carbocycles. The van der Waals surface area contributed by atoms with Gasteiger partial charge in [-0.2, -0.15) is 5.26 Å². The van der Waals surface area contributed by atoms with E-state index in [1.54, 1.807) is 0 Å². The molecule has 0 aliphatic heterocycles. The van der Waals surface area contributed by atoms with E-state index in [-0.39, 0.29) is 0 Å². The zero-order chi connectivity index (χ0) is 32.9. The van der Waals surface area contributed by atoms with Crippen molar-refractivity contribution < 1.29 is 0 Å². The maximum absolute atomic E-state index is 9.55. The number of hydrogen-bond donors (Lipinski definition) is 0. The molecule has 0 N–H and O–H groups in total. The molecule has 49 heavy (non-hydrogen) atoms. The van der Waals surface area contributed by atoms with Crippen LogP contribution in [0.25, 0.3) is 87.3 Å². The predicted octanol–water partition coefficient (Wildman–Crippen LogP) is 12.5. The van der Waals surface area contributed by atoms with E-state index in [0.717, 1.165) is 60.5 Å². The fourth-order valence-electron chi connectivity index (χ4n) is 7.47. The molecule has 1 aromatic heterocycles. The first kappa shape index (κ1) is 28.3. The monoisotopic (exact) mass is 621 g/mol. The molecule has 226 valence electrons. The molecule has 0 aliphatic rings. The van der Waals surface area contributed by atoms with Crippen LogP contribution in [0, 0.1) is 17.9 Å². The Morgan fingerprint density at radius 1 is 0.449 bits per heavy atom. The van der Waals surface area contributed by atoms with Gasteiger partial charge in [0, 0.05) is 16.5 Å². The number of aromatic nitrogens is 1. The van der Waals surface area contributed by atoms with E-state index in [1.165, 1.54) is 21.9 Å². The van der Waals surface area contributed by atoms with E-state index in [1.807, 2.05) is 36.4 Å². The Hall–Kier alpha value is -6.94. The van der Waals surface area contributed by atoms with Crippen molar-refractivity contribution in [3.05, 3.63) is 181 Å². The van der Waals surface area contributed by atoms with Crippen molar-refractivity contribution in [2.24, 2.45) is 0 Å². The molecule has 0 amide bonds. The van der Waals surface area contributed by atoms with Gasteiger partial charge in [-0.05, 0) is 110 Å². The van der Waals surface area contributed by atoms with Crippen LogP contribution in [0.4, 0.5) is 5.69 Å². The van der Waals surface area contributed by atoms with Crippen molar-refractivity contribution in [1.29, 1.82) is 5.26 Å². The van der Waals surface area contributed by atoms with E-state index in [2.05, 4.69) is 143 Å². The molecule has 3 nitrogen and oxygen atoms in total. The summed E-state index contributed by atoms with van der Waals surface area (Å²) in [7, 11) is 0. The lowest BCUT2D eigenvalue weighted by Crippen LogP contribution is -1.94. The molecular formula is C46H27N3. The summed E-state index contributed by atoms with van der Waals surface area (Å²) in [5.74, 6) is 0. The number of benzene rings is 8. The Morgan fingerprint density at radius 3 is 1.63 bits per heavy atom. The maximum Gasteiger partial charge on any atom is 0.188 e. The Labute approximate surface area is 284 Å². The minimum atomic E-state index is 0.604. The minimum absolute atomic E-state index is 0.604. The van der Waals surface area contributed by atoms with Crippen LogP contribution >= 0.6 is 0 Å². The van der Waals surface area contributed by atoms with Crippen LogP contribution in [0.2, 0.25) is 0 Å².